The predicted octanol–water partition coefficient (Wildman–Crippen LogP) is 2.43. The lowest BCUT2D eigenvalue weighted by molar-refractivity contribution is 1.19. The molecule has 4 heterocycles. The van der Waals surface area contributed by atoms with Gasteiger partial charge in [-0.1, -0.05) is 6.07 Å². The van der Waals surface area contributed by atoms with Gasteiger partial charge in [0, 0.05) is 24.0 Å². The summed E-state index contributed by atoms with van der Waals surface area (Å²) in [6.45, 7) is 0. The average Bonchev–Trinajstić information content (AvgIpc) is 2.73. The third kappa shape index (κ3) is 1.15. The average molecular weight is 220 g/mol. The fraction of sp³-hybridized carbons (Fsp3) is 0. The summed E-state index contributed by atoms with van der Waals surface area (Å²) in [6.07, 6.45) is 5.54. The Morgan fingerprint density at radius 2 is 2.00 bits per heavy atom. The van der Waals surface area contributed by atoms with Crippen LogP contribution in [0.1, 0.15) is 0 Å². The predicted molar refractivity (Wildman–Crippen MR) is 65.8 cm³/mol. The van der Waals surface area contributed by atoms with Crippen molar-refractivity contribution in [3.63, 3.8) is 0 Å². The van der Waals surface area contributed by atoms with Crippen LogP contribution in [-0.2, 0) is 0 Å². The molecule has 0 fully saturated rings. The first-order chi connectivity index (χ1) is 8.42. The number of hydrogen-bond acceptors (Lipinski definition) is 3. The van der Waals surface area contributed by atoms with Crippen molar-refractivity contribution < 1.29 is 0 Å². The highest BCUT2D eigenvalue weighted by Crippen LogP contribution is 2.19. The highest BCUT2D eigenvalue weighted by Gasteiger charge is 2.06. The van der Waals surface area contributed by atoms with E-state index in [1.807, 2.05) is 47.1 Å². The monoisotopic (exact) mass is 220 g/mol. The maximum Gasteiger partial charge on any atom is 0.165 e. The van der Waals surface area contributed by atoms with E-state index >= 15 is 0 Å². The van der Waals surface area contributed by atoms with E-state index in [0.717, 1.165) is 27.7 Å². The van der Waals surface area contributed by atoms with Crippen molar-refractivity contribution in [1.82, 2.24) is 19.4 Å². The normalized spacial score (nSPS) is 11.5. The lowest BCUT2D eigenvalue weighted by Crippen LogP contribution is -1.86. The molecular weight excluding hydrogens is 212 g/mol. The summed E-state index contributed by atoms with van der Waals surface area (Å²) >= 11 is 0. The Kier molecular flexibility index (Phi) is 1.53. The quantitative estimate of drug-likeness (QED) is 0.457. The summed E-state index contributed by atoms with van der Waals surface area (Å²) < 4.78 is 2.00. The van der Waals surface area contributed by atoms with E-state index in [-0.39, 0.29) is 0 Å². The maximum absolute atomic E-state index is 4.63. The fourth-order valence-corrected chi connectivity index (χ4v) is 2.08. The second-order valence-corrected chi connectivity index (χ2v) is 3.94. The molecule has 0 N–H and O–H groups in total. The molecule has 0 aliphatic heterocycles. The number of rotatable bonds is 0. The van der Waals surface area contributed by atoms with Crippen molar-refractivity contribution in [3.8, 4) is 0 Å². The van der Waals surface area contributed by atoms with E-state index in [4.69, 9.17) is 0 Å². The van der Waals surface area contributed by atoms with Crippen LogP contribution >= 0.6 is 0 Å². The van der Waals surface area contributed by atoms with Gasteiger partial charge in [0.25, 0.3) is 0 Å². The van der Waals surface area contributed by atoms with Gasteiger partial charge in [0.2, 0.25) is 0 Å². The zero-order chi connectivity index (χ0) is 11.2. The van der Waals surface area contributed by atoms with Crippen molar-refractivity contribution >= 4 is 27.7 Å². The zero-order valence-corrected chi connectivity index (χ0v) is 8.91. The van der Waals surface area contributed by atoms with Gasteiger partial charge in [0.15, 0.2) is 5.65 Å². The number of fused-ring (bicyclic) bond motifs is 4. The Morgan fingerprint density at radius 3 is 3.00 bits per heavy atom. The van der Waals surface area contributed by atoms with Gasteiger partial charge in [0.1, 0.15) is 11.2 Å². The molecule has 4 aromatic heterocycles. The van der Waals surface area contributed by atoms with Gasteiger partial charge in [-0.05, 0) is 24.3 Å². The minimum Gasteiger partial charge on any atom is -0.284 e. The third-order valence-electron chi connectivity index (χ3n) is 2.88. The number of aromatic nitrogens is 4. The molecule has 17 heavy (non-hydrogen) atoms. The van der Waals surface area contributed by atoms with Crippen LogP contribution in [0.3, 0.4) is 0 Å². The Hall–Kier alpha value is -2.49. The first-order valence-corrected chi connectivity index (χ1v) is 5.39. The highest BCUT2D eigenvalue weighted by molar-refractivity contribution is 5.90. The van der Waals surface area contributed by atoms with Crippen LogP contribution in [0.4, 0.5) is 0 Å². The van der Waals surface area contributed by atoms with Crippen LogP contribution < -0.4 is 0 Å². The van der Waals surface area contributed by atoms with Crippen LogP contribution in [0.15, 0.2) is 48.9 Å². The molecule has 0 unspecified atom stereocenters. The molecular formula is C13H8N4. The molecule has 0 atom stereocenters. The summed E-state index contributed by atoms with van der Waals surface area (Å²) in [5, 5.41) is 1.02. The van der Waals surface area contributed by atoms with E-state index in [9.17, 15) is 0 Å². The van der Waals surface area contributed by atoms with Gasteiger partial charge in [-0.25, -0.2) is 9.97 Å². The van der Waals surface area contributed by atoms with Gasteiger partial charge in [-0.15, -0.1) is 0 Å². The first-order valence-electron chi connectivity index (χ1n) is 5.39. The van der Waals surface area contributed by atoms with Crippen LogP contribution in [-0.4, -0.2) is 19.4 Å². The first kappa shape index (κ1) is 8.64. The second kappa shape index (κ2) is 3.01. The summed E-state index contributed by atoms with van der Waals surface area (Å²) in [5.41, 5.74) is 3.65. The van der Waals surface area contributed by atoms with Crippen LogP contribution in [0.2, 0.25) is 0 Å². The molecule has 0 bridgehead atoms. The number of hydrogen-bond donors (Lipinski definition) is 0. The van der Waals surface area contributed by atoms with Crippen LogP contribution in [0.25, 0.3) is 27.7 Å². The van der Waals surface area contributed by atoms with Crippen molar-refractivity contribution in [2.75, 3.05) is 0 Å². The summed E-state index contributed by atoms with van der Waals surface area (Å²) in [7, 11) is 0. The van der Waals surface area contributed by atoms with Crippen molar-refractivity contribution in [1.29, 1.82) is 0 Å². The minimum atomic E-state index is 0.888. The Labute approximate surface area is 96.6 Å². The molecule has 0 saturated heterocycles. The number of imidazole rings is 1. The van der Waals surface area contributed by atoms with E-state index in [2.05, 4.69) is 15.0 Å². The minimum absolute atomic E-state index is 0.888. The molecule has 0 radical (unpaired) electrons. The van der Waals surface area contributed by atoms with Crippen molar-refractivity contribution in [2.24, 2.45) is 0 Å². The molecule has 0 aliphatic carbocycles. The smallest absolute Gasteiger partial charge is 0.165 e. The SMILES string of the molecule is c1ccn2c(c1)nc1cc3cnccc3nc12. The summed E-state index contributed by atoms with van der Waals surface area (Å²) in [6, 6.07) is 9.87. The van der Waals surface area contributed by atoms with E-state index < -0.39 is 0 Å². The molecule has 4 rings (SSSR count). The lowest BCUT2D eigenvalue weighted by atomic mass is 10.2. The Bertz CT molecular complexity index is 842. The number of nitrogens with zero attached hydrogens (tertiary/aromatic N) is 4. The summed E-state index contributed by atoms with van der Waals surface area (Å²) in [4.78, 5) is 13.3. The molecule has 0 aromatic carbocycles. The molecule has 80 valence electrons. The van der Waals surface area contributed by atoms with Gasteiger partial charge in [-0.2, -0.15) is 0 Å². The van der Waals surface area contributed by atoms with Crippen LogP contribution in [0, 0.1) is 0 Å². The number of pyridine rings is 3. The largest absolute Gasteiger partial charge is 0.284 e. The van der Waals surface area contributed by atoms with E-state index in [1.54, 1.807) is 6.20 Å². The maximum atomic E-state index is 4.63. The molecule has 0 aliphatic rings. The van der Waals surface area contributed by atoms with Gasteiger partial charge < -0.3 is 0 Å². The summed E-state index contributed by atoms with van der Waals surface area (Å²) in [5.74, 6) is 0. The van der Waals surface area contributed by atoms with Crippen LogP contribution in [0.5, 0.6) is 0 Å². The zero-order valence-electron chi connectivity index (χ0n) is 8.91. The molecule has 4 nitrogen and oxygen atoms in total. The lowest BCUT2D eigenvalue weighted by Gasteiger charge is -1.96. The molecule has 4 aromatic rings. The molecule has 0 saturated carbocycles. The van der Waals surface area contributed by atoms with E-state index in [0.29, 0.717) is 0 Å². The topological polar surface area (TPSA) is 43.1 Å². The molecule has 0 amide bonds. The molecule has 4 heteroatoms. The van der Waals surface area contributed by atoms with E-state index in [1.165, 1.54) is 0 Å². The highest BCUT2D eigenvalue weighted by atomic mass is 15.1. The second-order valence-electron chi connectivity index (χ2n) is 3.94. The fourth-order valence-electron chi connectivity index (χ4n) is 2.08. The van der Waals surface area contributed by atoms with Gasteiger partial charge in [-0.3, -0.25) is 9.38 Å². The Balaban J connectivity index is 2.28. The van der Waals surface area contributed by atoms with Crippen molar-refractivity contribution in [3.05, 3.63) is 48.9 Å². The molecule has 0 spiro atoms. The van der Waals surface area contributed by atoms with Crippen molar-refractivity contribution in [2.45, 2.75) is 0 Å². The van der Waals surface area contributed by atoms with Gasteiger partial charge >= 0.3 is 0 Å². The standard InChI is InChI=1S/C13H8N4/c1-2-6-17-12(3-1)15-11-7-9-8-14-5-4-10(9)16-13(11)17/h1-8H. The van der Waals surface area contributed by atoms with Gasteiger partial charge in [0.05, 0.1) is 5.52 Å². The Morgan fingerprint density at radius 1 is 1.00 bits per heavy atom. The third-order valence-corrected chi connectivity index (χ3v) is 2.88.